The van der Waals surface area contributed by atoms with Gasteiger partial charge in [-0.2, -0.15) is 13.9 Å². The second-order valence-corrected chi connectivity index (χ2v) is 15.4. The number of nitrogens with zero attached hydrogens (tertiary/aromatic N) is 5. The van der Waals surface area contributed by atoms with Gasteiger partial charge in [0.15, 0.2) is 5.82 Å². The molecule has 2 amide bonds. The molecular weight excluding hydrogens is 790 g/mol. The number of aromatic nitrogens is 3. The van der Waals surface area contributed by atoms with Crippen molar-refractivity contribution in [3.63, 3.8) is 0 Å². The van der Waals surface area contributed by atoms with Crippen LogP contribution in [0.4, 0.5) is 32.2 Å². The number of rotatable bonds is 11. The van der Waals surface area contributed by atoms with E-state index >= 15 is 8.78 Å². The number of hydrogen-bond donors (Lipinski definition) is 4. The zero-order chi connectivity index (χ0) is 42.4. The number of allylic oxidation sites excluding steroid dienone is 2. The first kappa shape index (κ1) is 42.2. The lowest BCUT2D eigenvalue weighted by Crippen LogP contribution is -2.35. The molecule has 2 aromatic heterocycles. The maximum atomic E-state index is 15.3. The Hall–Kier alpha value is -5.44. The number of nitrogens with one attached hydrogen (secondary N) is 2. The van der Waals surface area contributed by atoms with Crippen molar-refractivity contribution in [3.05, 3.63) is 87.3 Å². The van der Waals surface area contributed by atoms with Crippen molar-refractivity contribution >= 4 is 45.8 Å². The predicted octanol–water partition coefficient (Wildman–Crippen LogP) is 5.79. The van der Waals surface area contributed by atoms with E-state index in [4.69, 9.17) is 22.3 Å². The molecule has 11 nitrogen and oxygen atoms in total. The zero-order valence-electron chi connectivity index (χ0n) is 31.9. The average molecular weight is 829 g/mol. The summed E-state index contributed by atoms with van der Waals surface area (Å²) in [5, 5.41) is 20.9. The van der Waals surface area contributed by atoms with E-state index in [1.807, 2.05) is 0 Å². The van der Waals surface area contributed by atoms with Gasteiger partial charge in [-0.3, -0.25) is 19.3 Å². The summed E-state index contributed by atoms with van der Waals surface area (Å²) >= 11 is 6.69. The quantitative estimate of drug-likeness (QED) is 0.110. The molecule has 2 saturated carbocycles. The standard InChI is InChI=1S/C40H39ClF6N8O3/c1-39(2,58)11-10-22-6-7-23(24-8-9-27(41)32-35(24)55(5)53-38(32)52-30(57)18-54(3)4)34(50-22)28(14-19-12-20(42)15-21(43)13-19)51-29(56)17-49-36-31(33(48)37(44)45)25-16-26(25)40(36,46)47/h6-9,12-13,15,25-26,28,37,58H,14,16-18,48H2,1-5H3,(H,51,56)(H,52,53,57)/t25-,26+,28-/m0/s1. The van der Waals surface area contributed by atoms with Crippen molar-refractivity contribution in [2.24, 2.45) is 29.6 Å². The van der Waals surface area contributed by atoms with E-state index in [9.17, 15) is 32.3 Å². The summed E-state index contributed by atoms with van der Waals surface area (Å²) in [5.41, 5.74) is 3.05. The van der Waals surface area contributed by atoms with E-state index in [1.54, 1.807) is 44.2 Å². The van der Waals surface area contributed by atoms with Gasteiger partial charge in [-0.05, 0) is 88.5 Å². The molecule has 4 aromatic rings. The first-order valence-electron chi connectivity index (χ1n) is 18.0. The van der Waals surface area contributed by atoms with Gasteiger partial charge >= 0.3 is 0 Å². The van der Waals surface area contributed by atoms with Crippen LogP contribution in [0.1, 0.15) is 43.3 Å². The molecule has 0 radical (unpaired) electrons. The minimum absolute atomic E-state index is 0.0419. The smallest absolute Gasteiger partial charge is 0.292 e. The van der Waals surface area contributed by atoms with E-state index in [2.05, 4.69) is 32.6 Å². The molecule has 58 heavy (non-hydrogen) atoms. The van der Waals surface area contributed by atoms with Crippen LogP contribution < -0.4 is 16.4 Å². The molecule has 2 aliphatic rings. The first-order valence-corrected chi connectivity index (χ1v) is 18.3. The minimum Gasteiger partial charge on any atom is -0.397 e. The fraction of sp³-hybridized carbons (Fsp3) is 0.375. The number of hydrogen-bond acceptors (Lipinski definition) is 8. The van der Waals surface area contributed by atoms with Gasteiger partial charge in [-0.1, -0.05) is 23.6 Å². The highest BCUT2D eigenvalue weighted by Gasteiger charge is 2.67. The number of carbonyl (C=O) groups is 2. The van der Waals surface area contributed by atoms with Gasteiger partial charge in [-0.15, -0.1) is 0 Å². The van der Waals surface area contributed by atoms with Crippen LogP contribution in [0.25, 0.3) is 22.0 Å². The maximum Gasteiger partial charge on any atom is 0.292 e. The van der Waals surface area contributed by atoms with Gasteiger partial charge < -0.3 is 26.4 Å². The Morgan fingerprint density at radius 3 is 2.43 bits per heavy atom. The van der Waals surface area contributed by atoms with Crippen LogP contribution in [0.2, 0.25) is 5.02 Å². The second-order valence-electron chi connectivity index (χ2n) is 15.0. The lowest BCUT2D eigenvalue weighted by atomic mass is 9.93. The Morgan fingerprint density at radius 1 is 1.12 bits per heavy atom. The van der Waals surface area contributed by atoms with Crippen molar-refractivity contribution in [1.82, 2.24) is 25.0 Å². The molecular formula is C40H39ClF6N8O3. The highest BCUT2D eigenvalue weighted by Crippen LogP contribution is 2.62. The van der Waals surface area contributed by atoms with Gasteiger partial charge in [-0.25, -0.2) is 22.5 Å². The van der Waals surface area contributed by atoms with Gasteiger partial charge in [0.25, 0.3) is 12.3 Å². The van der Waals surface area contributed by atoms with Crippen LogP contribution in [-0.4, -0.2) is 87.4 Å². The molecule has 0 bridgehead atoms. The molecule has 18 heteroatoms. The molecule has 5 N–H and O–H groups in total. The number of pyridine rings is 1. The number of halogens is 7. The number of aliphatic hydroxyl groups is 1. The first-order chi connectivity index (χ1) is 27.1. The molecule has 0 unspecified atom stereocenters. The van der Waals surface area contributed by atoms with Gasteiger partial charge in [0.05, 0.1) is 39.9 Å². The molecule has 0 spiro atoms. The normalized spacial score (nSPS) is 19.3. The van der Waals surface area contributed by atoms with Crippen molar-refractivity contribution < 1.29 is 41.0 Å². The Kier molecular flexibility index (Phi) is 11.7. The highest BCUT2D eigenvalue weighted by molar-refractivity contribution is 6.37. The van der Waals surface area contributed by atoms with Crippen LogP contribution in [0, 0.1) is 35.3 Å². The molecule has 2 aliphatic carbocycles. The fourth-order valence-corrected chi connectivity index (χ4v) is 7.31. The topological polar surface area (TPSA) is 151 Å². The number of fused-ring (bicyclic) bond motifs is 2. The molecule has 3 atom stereocenters. The predicted molar refractivity (Wildman–Crippen MR) is 206 cm³/mol. The Labute approximate surface area is 334 Å². The summed E-state index contributed by atoms with van der Waals surface area (Å²) in [7, 11) is 5.05. The largest absolute Gasteiger partial charge is 0.397 e. The number of aliphatic imine (C=N–C) groups is 1. The summed E-state index contributed by atoms with van der Waals surface area (Å²) in [4.78, 5) is 36.7. The Morgan fingerprint density at radius 2 is 1.79 bits per heavy atom. The van der Waals surface area contributed by atoms with Crippen molar-refractivity contribution in [3.8, 4) is 23.0 Å². The van der Waals surface area contributed by atoms with Gasteiger partial charge in [0.1, 0.15) is 35.2 Å². The van der Waals surface area contributed by atoms with Crippen LogP contribution in [0.5, 0.6) is 0 Å². The van der Waals surface area contributed by atoms with Crippen LogP contribution >= 0.6 is 11.6 Å². The monoisotopic (exact) mass is 828 g/mol. The third kappa shape index (κ3) is 8.99. The molecule has 2 heterocycles. The molecule has 2 fully saturated rings. The molecule has 0 saturated heterocycles. The molecule has 6 rings (SSSR count). The Bertz CT molecular complexity index is 2410. The van der Waals surface area contributed by atoms with E-state index in [-0.39, 0.29) is 53.1 Å². The number of aryl methyl sites for hydroxylation is 1. The number of likely N-dealkylation sites (N-methyl/N-ethyl adjacent to an activating group) is 1. The third-order valence-electron chi connectivity index (χ3n) is 9.52. The van der Waals surface area contributed by atoms with Gasteiger partial charge in [0, 0.05) is 35.7 Å². The zero-order valence-corrected chi connectivity index (χ0v) is 32.7. The summed E-state index contributed by atoms with van der Waals surface area (Å²) in [5.74, 6) is -3.35. The maximum absolute atomic E-state index is 15.3. The lowest BCUT2D eigenvalue weighted by molar-refractivity contribution is -0.120. The van der Waals surface area contributed by atoms with Crippen LogP contribution in [0.15, 0.2) is 58.7 Å². The average Bonchev–Trinajstić information content (AvgIpc) is 3.80. The van der Waals surface area contributed by atoms with E-state index in [1.165, 1.54) is 24.6 Å². The summed E-state index contributed by atoms with van der Waals surface area (Å²) in [6.07, 6.45) is -3.58. The SMILES string of the molecule is CN(C)CC(=O)Nc1nn(C)c2c(-c3ccc(C#CC(C)(C)O)nc3[C@H](Cc3cc(F)cc(F)c3)NC(=O)CN=C3C(=C(N)C(F)F)[C@H]4C[C@H]4C3(F)F)ccc(Cl)c12. The van der Waals surface area contributed by atoms with E-state index in [0.29, 0.717) is 28.1 Å². The van der Waals surface area contributed by atoms with Crippen LogP contribution in [0.3, 0.4) is 0 Å². The van der Waals surface area contributed by atoms with E-state index in [0.717, 1.165) is 12.1 Å². The van der Waals surface area contributed by atoms with E-state index < -0.39 is 76.9 Å². The number of alkyl halides is 4. The van der Waals surface area contributed by atoms with Crippen molar-refractivity contribution in [2.45, 2.75) is 50.7 Å². The van der Waals surface area contributed by atoms with Crippen molar-refractivity contribution in [1.29, 1.82) is 0 Å². The summed E-state index contributed by atoms with van der Waals surface area (Å²) in [6.45, 7) is 1.99. The molecule has 0 aliphatic heterocycles. The fourth-order valence-electron chi connectivity index (χ4n) is 7.07. The summed E-state index contributed by atoms with van der Waals surface area (Å²) < 4.78 is 88.3. The second kappa shape index (κ2) is 16.1. The lowest BCUT2D eigenvalue weighted by Gasteiger charge is -2.23. The molecule has 306 valence electrons. The van der Waals surface area contributed by atoms with Gasteiger partial charge in [0.2, 0.25) is 11.8 Å². The van der Waals surface area contributed by atoms with Crippen LogP contribution in [-0.2, 0) is 23.1 Å². The number of carbonyl (C=O) groups excluding carboxylic acids is 2. The highest BCUT2D eigenvalue weighted by atomic mass is 35.5. The number of amides is 2. The Balaban J connectivity index is 1.49. The summed E-state index contributed by atoms with van der Waals surface area (Å²) in [6, 6.07) is 7.82. The van der Waals surface area contributed by atoms with Crippen molar-refractivity contribution in [2.75, 3.05) is 32.5 Å². The third-order valence-corrected chi connectivity index (χ3v) is 9.83. The number of anilines is 1. The molecule has 2 aromatic carbocycles. The number of benzene rings is 2. The minimum atomic E-state index is -3.60. The number of nitrogens with two attached hydrogens (primary N) is 1.